The predicted molar refractivity (Wildman–Crippen MR) is 157 cm³/mol. The number of hydrogen-bond acceptors (Lipinski definition) is 2. The molecular formula is C30H34OPSSi+. The van der Waals surface area contributed by atoms with Crippen LogP contribution in [0.15, 0.2) is 115 Å². The van der Waals surface area contributed by atoms with E-state index in [1.165, 1.54) is 21.5 Å². The van der Waals surface area contributed by atoms with E-state index >= 15 is 0 Å². The molecule has 0 saturated carbocycles. The number of thiocarbonyl (C=S) groups is 1. The highest BCUT2D eigenvalue weighted by molar-refractivity contribution is 7.95. The van der Waals surface area contributed by atoms with E-state index in [0.717, 1.165) is 24.1 Å². The Bertz CT molecular complexity index is 1050. The van der Waals surface area contributed by atoms with E-state index in [0.29, 0.717) is 0 Å². The van der Waals surface area contributed by atoms with E-state index in [2.05, 4.69) is 129 Å². The second-order valence-electron chi connectivity index (χ2n) is 9.84. The molecule has 0 fully saturated rings. The summed E-state index contributed by atoms with van der Waals surface area (Å²) in [5, 5.41) is 4.23. The Kier molecular flexibility index (Phi) is 8.11. The average molecular weight is 502 g/mol. The maximum absolute atomic E-state index is 6.57. The molecule has 3 aromatic carbocycles. The first-order chi connectivity index (χ1) is 16.4. The molecule has 174 valence electrons. The summed E-state index contributed by atoms with van der Waals surface area (Å²) < 4.78 is 6.57. The normalized spacial score (nSPS) is 15.1. The summed E-state index contributed by atoms with van der Waals surface area (Å²) in [4.78, 5) is 1.01. The lowest BCUT2D eigenvalue weighted by atomic mass is 9.96. The van der Waals surface area contributed by atoms with Crippen molar-refractivity contribution < 1.29 is 4.43 Å². The number of benzene rings is 3. The molecule has 1 aliphatic rings. The summed E-state index contributed by atoms with van der Waals surface area (Å²) in [5.74, 6) is 0.259. The van der Waals surface area contributed by atoms with E-state index in [4.69, 9.17) is 16.6 Å². The van der Waals surface area contributed by atoms with Crippen molar-refractivity contribution >= 4 is 48.6 Å². The fourth-order valence-electron chi connectivity index (χ4n) is 4.60. The Morgan fingerprint density at radius 1 is 0.794 bits per heavy atom. The number of hydrogen-bond donors (Lipinski definition) is 0. The third-order valence-corrected chi connectivity index (χ3v) is 12.1. The zero-order valence-electron chi connectivity index (χ0n) is 20.4. The molecule has 3 aromatic rings. The minimum atomic E-state index is -1.96. The van der Waals surface area contributed by atoms with Gasteiger partial charge in [-0.25, -0.2) is 0 Å². The molecule has 0 unspecified atom stereocenters. The highest BCUT2D eigenvalue weighted by atomic mass is 32.1. The lowest BCUT2D eigenvalue weighted by Gasteiger charge is -2.33. The number of allylic oxidation sites excluding steroid dienone is 3. The van der Waals surface area contributed by atoms with Gasteiger partial charge in [-0.05, 0) is 67.7 Å². The van der Waals surface area contributed by atoms with Crippen molar-refractivity contribution in [3.8, 4) is 0 Å². The molecule has 1 aliphatic carbocycles. The first-order valence-corrected chi connectivity index (χ1v) is 17.8. The van der Waals surface area contributed by atoms with Gasteiger partial charge in [0.25, 0.3) is 0 Å². The van der Waals surface area contributed by atoms with Crippen LogP contribution in [-0.4, -0.2) is 26.0 Å². The lowest BCUT2D eigenvalue weighted by molar-refractivity contribution is 0.276. The summed E-state index contributed by atoms with van der Waals surface area (Å²) in [6.07, 6.45) is 8.59. The molecule has 34 heavy (non-hydrogen) atoms. The Balaban J connectivity index is 1.91. The first-order valence-electron chi connectivity index (χ1n) is 12.0. The fraction of sp³-hybridized carbons (Fsp3) is 0.233. The Morgan fingerprint density at radius 2 is 1.26 bits per heavy atom. The van der Waals surface area contributed by atoms with Crippen molar-refractivity contribution in [1.29, 1.82) is 0 Å². The highest BCUT2D eigenvalue weighted by Gasteiger charge is 2.47. The maximum Gasteiger partial charge on any atom is 0.183 e. The van der Waals surface area contributed by atoms with Crippen molar-refractivity contribution in [2.75, 3.05) is 12.8 Å². The topological polar surface area (TPSA) is 9.23 Å². The zero-order valence-corrected chi connectivity index (χ0v) is 23.1. The third-order valence-electron chi connectivity index (χ3n) is 6.23. The van der Waals surface area contributed by atoms with Crippen LogP contribution in [0.2, 0.25) is 19.6 Å². The van der Waals surface area contributed by atoms with Crippen molar-refractivity contribution in [1.82, 2.24) is 0 Å². The number of rotatable bonds is 9. The van der Waals surface area contributed by atoms with Gasteiger partial charge in [0, 0.05) is 23.8 Å². The third kappa shape index (κ3) is 5.90. The minimum absolute atomic E-state index is 0.259. The van der Waals surface area contributed by atoms with Gasteiger partial charge in [0.05, 0.1) is 6.16 Å². The van der Waals surface area contributed by atoms with Gasteiger partial charge in [-0.15, -0.1) is 0 Å². The van der Waals surface area contributed by atoms with Crippen molar-refractivity contribution in [2.24, 2.45) is 5.92 Å². The molecule has 0 heterocycles. The van der Waals surface area contributed by atoms with Crippen LogP contribution in [-0.2, 0) is 4.43 Å². The van der Waals surface area contributed by atoms with Gasteiger partial charge >= 0.3 is 0 Å². The minimum Gasteiger partial charge on any atom is -0.417 e. The van der Waals surface area contributed by atoms with Crippen LogP contribution in [0.3, 0.4) is 0 Å². The molecule has 4 heteroatoms. The average Bonchev–Trinajstić information content (AvgIpc) is 2.85. The van der Waals surface area contributed by atoms with Gasteiger partial charge in [-0.1, -0.05) is 79.0 Å². The summed E-state index contributed by atoms with van der Waals surface area (Å²) >= 11 is 5.63. The van der Waals surface area contributed by atoms with Crippen molar-refractivity contribution in [2.45, 2.75) is 26.1 Å². The molecule has 0 amide bonds. The van der Waals surface area contributed by atoms with Crippen LogP contribution in [0, 0.1) is 5.92 Å². The Hall–Kier alpha value is -2.16. The van der Waals surface area contributed by atoms with Crippen molar-refractivity contribution in [3.63, 3.8) is 0 Å². The molecule has 0 aliphatic heterocycles. The van der Waals surface area contributed by atoms with E-state index in [9.17, 15) is 0 Å². The quantitative estimate of drug-likeness (QED) is 0.183. The largest absolute Gasteiger partial charge is 0.417 e. The first kappa shape index (κ1) is 24.9. The van der Waals surface area contributed by atoms with E-state index in [1.807, 2.05) is 0 Å². The smallest absolute Gasteiger partial charge is 0.183 e. The summed E-state index contributed by atoms with van der Waals surface area (Å²) in [6, 6.07) is 33.3. The van der Waals surface area contributed by atoms with Crippen molar-refractivity contribution in [3.05, 3.63) is 115 Å². The standard InChI is InChI=1S/C30H34OPSSi/c1-34(2,3)31-23-26(25-14-13-21-30(33)22-25)24-32(27-15-7-4-8-16-27,28-17-9-5-10-18-28)29-19-11-6-12-20-29/h4-20,22,26H,21,23-24H2,1-3H3/q+1/t26-/m1/s1. The van der Waals surface area contributed by atoms with Crippen LogP contribution in [0.4, 0.5) is 0 Å². The summed E-state index contributed by atoms with van der Waals surface area (Å²) in [5.41, 5.74) is 1.31. The molecule has 0 saturated heterocycles. The Morgan fingerprint density at radius 3 is 1.68 bits per heavy atom. The van der Waals surface area contributed by atoms with Gasteiger partial charge < -0.3 is 4.43 Å². The zero-order chi connectivity index (χ0) is 24.0. The van der Waals surface area contributed by atoms with Gasteiger partial charge in [0.2, 0.25) is 0 Å². The Labute approximate surface area is 212 Å². The maximum atomic E-state index is 6.57. The SMILES string of the molecule is C[Si](C)(C)OC[C@H](C[P+](c1ccccc1)(c1ccccc1)c1ccccc1)C1=CC(=S)CC=C1. The molecule has 0 N–H and O–H groups in total. The molecule has 4 rings (SSSR count). The lowest BCUT2D eigenvalue weighted by Crippen LogP contribution is -2.38. The van der Waals surface area contributed by atoms with E-state index in [-0.39, 0.29) is 5.92 Å². The van der Waals surface area contributed by atoms with Gasteiger partial charge in [-0.3, -0.25) is 0 Å². The van der Waals surface area contributed by atoms with E-state index < -0.39 is 15.6 Å². The fourth-order valence-corrected chi connectivity index (χ4v) is 10.1. The van der Waals surface area contributed by atoms with E-state index in [1.54, 1.807) is 0 Å². The van der Waals surface area contributed by atoms with Gasteiger partial charge in [0.1, 0.15) is 23.2 Å². The molecule has 0 aromatic heterocycles. The van der Waals surface area contributed by atoms with Crippen LogP contribution in [0.5, 0.6) is 0 Å². The van der Waals surface area contributed by atoms with Crippen LogP contribution in [0.1, 0.15) is 6.42 Å². The molecule has 1 atom stereocenters. The van der Waals surface area contributed by atoms with Crippen LogP contribution >= 0.6 is 19.5 Å². The molecule has 0 bridgehead atoms. The van der Waals surface area contributed by atoms with Gasteiger partial charge in [-0.2, -0.15) is 0 Å². The monoisotopic (exact) mass is 501 g/mol. The molecule has 0 spiro atoms. The predicted octanol–water partition coefficient (Wildman–Crippen LogP) is 6.70. The van der Waals surface area contributed by atoms with Crippen LogP contribution < -0.4 is 15.9 Å². The van der Waals surface area contributed by atoms with Gasteiger partial charge in [0.15, 0.2) is 8.32 Å². The summed E-state index contributed by atoms with van der Waals surface area (Å²) in [7, 11) is -3.65. The summed E-state index contributed by atoms with van der Waals surface area (Å²) in [6.45, 7) is 7.54. The van der Waals surface area contributed by atoms with Crippen LogP contribution in [0.25, 0.3) is 0 Å². The second-order valence-corrected chi connectivity index (χ2v) is 18.4. The highest BCUT2D eigenvalue weighted by Crippen LogP contribution is 2.57. The molecule has 0 radical (unpaired) electrons. The second kappa shape index (κ2) is 11.1. The molecule has 1 nitrogen and oxygen atoms in total. The molecular weight excluding hydrogens is 467 g/mol.